The molecule has 0 aliphatic rings. The Hall–Kier alpha value is -4.27. The highest BCUT2D eigenvalue weighted by Gasteiger charge is 2.30. The molecule has 9 heteroatoms. The number of rotatable bonds is 6. The van der Waals surface area contributed by atoms with Crippen molar-refractivity contribution in [3.63, 3.8) is 0 Å². The average molecular weight is 482 g/mol. The van der Waals surface area contributed by atoms with Gasteiger partial charge in [-0.05, 0) is 54.1 Å². The molecule has 0 saturated carbocycles. The molecule has 1 aromatic heterocycles. The summed E-state index contributed by atoms with van der Waals surface area (Å²) in [7, 11) is 4.46. The molecule has 35 heavy (non-hydrogen) atoms. The minimum absolute atomic E-state index is 0.0487. The van der Waals surface area contributed by atoms with Gasteiger partial charge in [0, 0.05) is 0 Å². The van der Waals surface area contributed by atoms with Gasteiger partial charge in [0.25, 0.3) is 5.56 Å². The molecule has 0 fully saturated rings. The molecule has 0 N–H and O–H groups in total. The summed E-state index contributed by atoms with van der Waals surface area (Å²) in [5.74, 6) is 1.42. The van der Waals surface area contributed by atoms with Crippen LogP contribution < -0.4 is 19.8 Å². The molecule has 180 valence electrons. The molecule has 6 nitrogen and oxygen atoms in total. The highest BCUT2D eigenvalue weighted by Crippen LogP contribution is 2.38. The Balaban J connectivity index is 1.92. The van der Waals surface area contributed by atoms with Gasteiger partial charge < -0.3 is 14.2 Å². The van der Waals surface area contributed by atoms with Crippen molar-refractivity contribution in [3.05, 3.63) is 88.0 Å². The van der Waals surface area contributed by atoms with Gasteiger partial charge in [0.05, 0.1) is 43.5 Å². The van der Waals surface area contributed by atoms with Crippen LogP contribution in [0.25, 0.3) is 28.7 Å². The fraction of sp³-hybridized carbons (Fsp3) is 0.154. The van der Waals surface area contributed by atoms with Crippen molar-refractivity contribution in [2.45, 2.75) is 6.18 Å². The number of fused-ring (bicyclic) bond motifs is 1. The van der Waals surface area contributed by atoms with Crippen molar-refractivity contribution in [2.24, 2.45) is 0 Å². The van der Waals surface area contributed by atoms with E-state index in [1.165, 1.54) is 33.5 Å². The van der Waals surface area contributed by atoms with E-state index in [-0.39, 0.29) is 16.9 Å². The fourth-order valence-electron chi connectivity index (χ4n) is 3.70. The lowest BCUT2D eigenvalue weighted by molar-refractivity contribution is -0.137. The van der Waals surface area contributed by atoms with Gasteiger partial charge in [-0.25, -0.2) is 4.98 Å². The summed E-state index contributed by atoms with van der Waals surface area (Å²) in [6.45, 7) is 0. The Morgan fingerprint density at radius 2 is 1.54 bits per heavy atom. The van der Waals surface area contributed by atoms with E-state index >= 15 is 0 Å². The number of hydrogen-bond donors (Lipinski definition) is 0. The van der Waals surface area contributed by atoms with Gasteiger partial charge in [0.2, 0.25) is 5.75 Å². The minimum Gasteiger partial charge on any atom is -0.493 e. The van der Waals surface area contributed by atoms with E-state index in [9.17, 15) is 18.0 Å². The van der Waals surface area contributed by atoms with Gasteiger partial charge in [-0.2, -0.15) is 13.2 Å². The first-order valence-electron chi connectivity index (χ1n) is 10.4. The molecule has 4 rings (SSSR count). The van der Waals surface area contributed by atoms with Crippen molar-refractivity contribution >= 4 is 23.1 Å². The molecule has 0 atom stereocenters. The number of alkyl halides is 3. The molecular formula is C26H21F3N2O4. The Bertz CT molecular complexity index is 1450. The predicted molar refractivity (Wildman–Crippen MR) is 127 cm³/mol. The van der Waals surface area contributed by atoms with E-state index < -0.39 is 17.3 Å². The lowest BCUT2D eigenvalue weighted by Gasteiger charge is -2.14. The summed E-state index contributed by atoms with van der Waals surface area (Å²) < 4.78 is 57.3. The molecule has 0 bridgehead atoms. The lowest BCUT2D eigenvalue weighted by Crippen LogP contribution is -2.22. The van der Waals surface area contributed by atoms with Crippen LogP contribution in [-0.2, 0) is 6.18 Å². The summed E-state index contributed by atoms with van der Waals surface area (Å²) in [5.41, 5.74) is -0.246. The highest BCUT2D eigenvalue weighted by atomic mass is 19.4. The number of benzene rings is 3. The third-order valence-corrected chi connectivity index (χ3v) is 5.35. The van der Waals surface area contributed by atoms with Crippen molar-refractivity contribution in [1.82, 2.24) is 9.55 Å². The second-order valence-corrected chi connectivity index (χ2v) is 7.47. The Morgan fingerprint density at radius 3 is 2.17 bits per heavy atom. The Morgan fingerprint density at radius 1 is 0.857 bits per heavy atom. The topological polar surface area (TPSA) is 62.6 Å². The summed E-state index contributed by atoms with van der Waals surface area (Å²) in [5, 5.41) is 0.287. The van der Waals surface area contributed by atoms with Crippen molar-refractivity contribution in [1.29, 1.82) is 0 Å². The van der Waals surface area contributed by atoms with Crippen molar-refractivity contribution in [3.8, 4) is 22.9 Å². The van der Waals surface area contributed by atoms with E-state index in [2.05, 4.69) is 4.98 Å². The van der Waals surface area contributed by atoms with Gasteiger partial charge in [0.15, 0.2) is 11.5 Å². The van der Waals surface area contributed by atoms with Crippen LogP contribution in [0.3, 0.4) is 0 Å². The van der Waals surface area contributed by atoms with Gasteiger partial charge >= 0.3 is 6.18 Å². The second kappa shape index (κ2) is 9.54. The molecule has 0 aliphatic heterocycles. The second-order valence-electron chi connectivity index (χ2n) is 7.47. The zero-order valence-corrected chi connectivity index (χ0v) is 19.1. The number of para-hydroxylation sites is 1. The van der Waals surface area contributed by atoms with Gasteiger partial charge in [-0.1, -0.05) is 24.3 Å². The molecule has 0 aliphatic carbocycles. The maximum Gasteiger partial charge on any atom is 0.416 e. The molecule has 0 unspecified atom stereocenters. The maximum atomic E-state index is 13.4. The normalized spacial score (nSPS) is 11.7. The third-order valence-electron chi connectivity index (χ3n) is 5.35. The third kappa shape index (κ3) is 4.70. The SMILES string of the molecule is COc1cc(C=Cc2nc3ccccc3c(=O)n2-c2cccc(C(F)(F)F)c2)cc(OC)c1OC. The molecular weight excluding hydrogens is 461 g/mol. The van der Waals surface area contributed by atoms with Crippen LogP contribution >= 0.6 is 0 Å². The van der Waals surface area contributed by atoms with E-state index in [1.807, 2.05) is 0 Å². The molecule has 0 spiro atoms. The monoisotopic (exact) mass is 482 g/mol. The zero-order valence-electron chi connectivity index (χ0n) is 19.1. The average Bonchev–Trinajstić information content (AvgIpc) is 2.86. The fourth-order valence-corrected chi connectivity index (χ4v) is 3.70. The Labute approximate surface area is 198 Å². The highest BCUT2D eigenvalue weighted by molar-refractivity contribution is 5.80. The van der Waals surface area contributed by atoms with Crippen molar-refractivity contribution in [2.75, 3.05) is 21.3 Å². The number of nitrogens with zero attached hydrogens (tertiary/aromatic N) is 2. The van der Waals surface area contributed by atoms with Crippen LogP contribution in [0.15, 0.2) is 65.5 Å². The lowest BCUT2D eigenvalue weighted by atomic mass is 10.1. The number of halogens is 3. The smallest absolute Gasteiger partial charge is 0.416 e. The first-order chi connectivity index (χ1) is 16.8. The van der Waals surface area contributed by atoms with Crippen molar-refractivity contribution < 1.29 is 27.4 Å². The molecule has 4 aromatic rings. The molecule has 3 aromatic carbocycles. The number of ether oxygens (including phenoxy) is 3. The Kier molecular flexibility index (Phi) is 6.50. The first kappa shape index (κ1) is 23.9. The molecule has 0 amide bonds. The molecule has 0 radical (unpaired) electrons. The van der Waals surface area contributed by atoms with Crippen LogP contribution in [0.2, 0.25) is 0 Å². The molecule has 0 saturated heterocycles. The number of hydrogen-bond acceptors (Lipinski definition) is 5. The summed E-state index contributed by atoms with van der Waals surface area (Å²) in [4.78, 5) is 17.9. The van der Waals surface area contributed by atoms with Gasteiger partial charge in [-0.15, -0.1) is 0 Å². The van der Waals surface area contributed by atoms with Crippen LogP contribution in [0.1, 0.15) is 17.0 Å². The van der Waals surface area contributed by atoms with E-state index in [0.29, 0.717) is 28.3 Å². The summed E-state index contributed by atoms with van der Waals surface area (Å²) >= 11 is 0. The standard InChI is InChI=1S/C26H21F3N2O4/c1-33-21-13-16(14-22(34-2)24(21)35-3)11-12-23-30-20-10-5-4-9-19(20)25(32)31(23)18-8-6-7-17(15-18)26(27,28)29/h4-15H,1-3H3. The van der Waals surface area contributed by atoms with Crippen LogP contribution in [0.5, 0.6) is 17.2 Å². The summed E-state index contributed by atoms with van der Waals surface area (Å²) in [6, 6.07) is 14.6. The maximum absolute atomic E-state index is 13.4. The predicted octanol–water partition coefficient (Wildman–Crippen LogP) is 5.60. The van der Waals surface area contributed by atoms with Crippen LogP contribution in [-0.4, -0.2) is 30.9 Å². The van der Waals surface area contributed by atoms with E-state index in [1.54, 1.807) is 48.6 Å². The van der Waals surface area contributed by atoms with E-state index in [0.717, 1.165) is 16.7 Å². The first-order valence-corrected chi connectivity index (χ1v) is 10.4. The van der Waals surface area contributed by atoms with Crippen LogP contribution in [0, 0.1) is 0 Å². The van der Waals surface area contributed by atoms with Gasteiger partial charge in [0.1, 0.15) is 5.82 Å². The number of aromatic nitrogens is 2. The van der Waals surface area contributed by atoms with E-state index in [4.69, 9.17) is 14.2 Å². The minimum atomic E-state index is -4.56. The van der Waals surface area contributed by atoms with Gasteiger partial charge in [-0.3, -0.25) is 9.36 Å². The zero-order chi connectivity index (χ0) is 25.2. The largest absolute Gasteiger partial charge is 0.493 e. The number of methoxy groups -OCH3 is 3. The van der Waals surface area contributed by atoms with Crippen LogP contribution in [0.4, 0.5) is 13.2 Å². The molecule has 1 heterocycles. The quantitative estimate of drug-likeness (QED) is 0.358. The summed E-state index contributed by atoms with van der Waals surface area (Å²) in [6.07, 6.45) is -1.35.